The molecule has 0 aliphatic rings. The van der Waals surface area contributed by atoms with Crippen LogP contribution >= 0.6 is 0 Å². The lowest BCUT2D eigenvalue weighted by atomic mass is 10.2. The van der Waals surface area contributed by atoms with Crippen molar-refractivity contribution in [3.8, 4) is 5.69 Å². The van der Waals surface area contributed by atoms with Crippen molar-refractivity contribution in [2.45, 2.75) is 0 Å². The van der Waals surface area contributed by atoms with E-state index in [0.717, 1.165) is 38.8 Å². The molecule has 0 aliphatic carbocycles. The van der Waals surface area contributed by atoms with Crippen LogP contribution in [0.15, 0.2) is 108 Å². The summed E-state index contributed by atoms with van der Waals surface area (Å²) in [5.74, 6) is 0. The van der Waals surface area contributed by atoms with Crippen LogP contribution in [0.25, 0.3) is 49.7 Å². The molecule has 2 aromatic heterocycles. The van der Waals surface area contributed by atoms with Crippen LogP contribution in [0.3, 0.4) is 0 Å². The zero-order valence-corrected chi connectivity index (χ0v) is 16.6. The van der Waals surface area contributed by atoms with Crippen molar-refractivity contribution < 1.29 is 4.42 Å². The number of para-hydroxylation sites is 4. The van der Waals surface area contributed by atoms with E-state index in [1.54, 1.807) is 0 Å². The van der Waals surface area contributed by atoms with Gasteiger partial charge in [0.1, 0.15) is 0 Å². The summed E-state index contributed by atoms with van der Waals surface area (Å²) in [5, 5.41) is 2.31. The molecular weight excluding hydrogens is 368 g/mol. The maximum absolute atomic E-state index is 6.28. The summed E-state index contributed by atoms with van der Waals surface area (Å²) in [6.07, 6.45) is 0. The minimum atomic E-state index is 0.874. The molecule has 0 N–H and O–H groups in total. The van der Waals surface area contributed by atoms with Crippen LogP contribution in [0, 0.1) is 0 Å². The first-order valence-corrected chi connectivity index (χ1v) is 10.1. The molecular formula is C27H20N2O. The summed E-state index contributed by atoms with van der Waals surface area (Å²) in [5.41, 5.74) is 7.32. The first-order chi connectivity index (χ1) is 14.8. The zero-order chi connectivity index (χ0) is 20.1. The third-order valence-electron chi connectivity index (χ3n) is 5.79. The van der Waals surface area contributed by atoms with Crippen LogP contribution < -0.4 is 0 Å². The Kier molecular flexibility index (Phi) is 3.68. The van der Waals surface area contributed by atoms with Crippen LogP contribution in [0.4, 0.5) is 0 Å². The second-order valence-corrected chi connectivity index (χ2v) is 7.57. The maximum atomic E-state index is 6.28. The first-order valence-electron chi connectivity index (χ1n) is 10.1. The molecule has 4 aromatic carbocycles. The lowest BCUT2D eigenvalue weighted by molar-refractivity contribution is 0.650. The molecule has 0 spiro atoms. The Morgan fingerprint density at radius 3 is 2.10 bits per heavy atom. The molecule has 0 radical (unpaired) electrons. The van der Waals surface area contributed by atoms with E-state index < -0.39 is 0 Å². The van der Waals surface area contributed by atoms with Gasteiger partial charge in [-0.15, -0.1) is 0 Å². The minimum absolute atomic E-state index is 0.874. The molecule has 6 aromatic rings. The summed E-state index contributed by atoms with van der Waals surface area (Å²) < 4.78 is 10.8. The molecule has 3 nitrogen and oxygen atoms in total. The molecule has 30 heavy (non-hydrogen) atoms. The maximum Gasteiger partial charge on any atom is 0.151 e. The molecule has 0 bridgehead atoms. The molecule has 0 saturated heterocycles. The summed E-state index contributed by atoms with van der Waals surface area (Å²) in [7, 11) is 2.10. The number of nitrogens with zero attached hydrogens (tertiary/aromatic N) is 2. The Bertz CT molecular complexity index is 1600. The average molecular weight is 388 g/mol. The van der Waals surface area contributed by atoms with Crippen molar-refractivity contribution in [1.82, 2.24) is 9.13 Å². The third-order valence-corrected chi connectivity index (χ3v) is 5.79. The van der Waals surface area contributed by atoms with Crippen LogP contribution in [0.5, 0.6) is 0 Å². The summed E-state index contributed by atoms with van der Waals surface area (Å²) in [6, 6.07) is 36.0. The van der Waals surface area contributed by atoms with E-state index in [0.29, 0.717) is 0 Å². The number of benzene rings is 4. The van der Waals surface area contributed by atoms with E-state index in [9.17, 15) is 0 Å². The number of hydrogen-bond acceptors (Lipinski definition) is 1. The van der Waals surface area contributed by atoms with Crippen LogP contribution in [0.2, 0.25) is 0 Å². The Morgan fingerprint density at radius 1 is 0.533 bits per heavy atom. The summed E-state index contributed by atoms with van der Waals surface area (Å²) in [6.45, 7) is 0. The van der Waals surface area contributed by atoms with Crippen LogP contribution in [0.1, 0.15) is 0 Å². The normalized spacial score (nSPS) is 11.5. The van der Waals surface area contributed by atoms with Crippen molar-refractivity contribution in [2.24, 2.45) is 7.05 Å². The van der Waals surface area contributed by atoms with E-state index in [2.05, 4.69) is 101 Å². The molecule has 2 heterocycles. The number of aryl methyl sites for hydroxylation is 1. The molecule has 144 valence electrons. The van der Waals surface area contributed by atoms with Crippen molar-refractivity contribution in [2.75, 3.05) is 0 Å². The molecule has 0 saturated carbocycles. The molecule has 0 aliphatic heterocycles. The largest absolute Gasteiger partial charge is 0.453 e. The summed E-state index contributed by atoms with van der Waals surface area (Å²) >= 11 is 0. The van der Waals surface area contributed by atoms with Gasteiger partial charge in [0, 0.05) is 18.1 Å². The van der Waals surface area contributed by atoms with Gasteiger partial charge >= 0.3 is 0 Å². The van der Waals surface area contributed by atoms with Gasteiger partial charge in [0.15, 0.2) is 11.2 Å². The van der Waals surface area contributed by atoms with Gasteiger partial charge < -0.3 is 13.6 Å². The van der Waals surface area contributed by atoms with Gasteiger partial charge in [-0.25, -0.2) is 0 Å². The van der Waals surface area contributed by atoms with Gasteiger partial charge in [0.05, 0.1) is 22.1 Å². The van der Waals surface area contributed by atoms with Gasteiger partial charge in [0.25, 0.3) is 0 Å². The third kappa shape index (κ3) is 2.52. The molecule has 6 rings (SSSR count). The van der Waals surface area contributed by atoms with Gasteiger partial charge in [0.2, 0.25) is 0 Å². The Balaban J connectivity index is 1.86. The highest BCUT2D eigenvalue weighted by atomic mass is 16.3. The zero-order valence-electron chi connectivity index (χ0n) is 16.6. The topological polar surface area (TPSA) is 23.0 Å². The van der Waals surface area contributed by atoms with Crippen molar-refractivity contribution in [3.63, 3.8) is 0 Å². The molecule has 0 fully saturated rings. The number of rotatable bonds is 1. The number of fused-ring (bicyclic) bond motifs is 4. The van der Waals surface area contributed by atoms with E-state index in [-0.39, 0.29) is 0 Å². The fourth-order valence-corrected chi connectivity index (χ4v) is 4.31. The second-order valence-electron chi connectivity index (χ2n) is 7.57. The van der Waals surface area contributed by atoms with E-state index >= 15 is 0 Å². The van der Waals surface area contributed by atoms with Crippen LogP contribution in [-0.4, -0.2) is 9.13 Å². The van der Waals surface area contributed by atoms with E-state index in [1.165, 1.54) is 10.9 Å². The Hall–Kier alpha value is -3.98. The van der Waals surface area contributed by atoms with E-state index in [4.69, 9.17) is 4.42 Å². The van der Waals surface area contributed by atoms with Gasteiger partial charge in [-0.2, -0.15) is 0 Å². The molecule has 0 unspecified atom stereocenters. The Labute approximate surface area is 173 Å². The number of aromatic nitrogens is 2. The number of hydrogen-bond donors (Lipinski definition) is 0. The summed E-state index contributed by atoms with van der Waals surface area (Å²) in [4.78, 5) is 0. The average Bonchev–Trinajstić information content (AvgIpc) is 2.95. The Morgan fingerprint density at radius 2 is 1.23 bits per heavy atom. The fraction of sp³-hybridized carbons (Fsp3) is 0.0370. The predicted octanol–water partition coefficient (Wildman–Crippen LogP) is 7.15. The standard InChI is InChI=1S/C27H20N2O/c1-28-23-13-7-8-14-26(23)30-27-17-20-16-15-19-9-5-6-12-22(19)29(24(20)18-25(27)28)21-10-3-2-4-11-21/h2-18H,1H3. The fourth-order valence-electron chi connectivity index (χ4n) is 4.31. The molecule has 0 amide bonds. The van der Waals surface area contributed by atoms with Crippen LogP contribution in [-0.2, 0) is 7.05 Å². The quantitative estimate of drug-likeness (QED) is 0.274. The van der Waals surface area contributed by atoms with Gasteiger partial charge in [-0.3, -0.25) is 0 Å². The highest BCUT2D eigenvalue weighted by molar-refractivity contribution is 5.98. The molecule has 3 heteroatoms. The minimum Gasteiger partial charge on any atom is -0.453 e. The van der Waals surface area contributed by atoms with Gasteiger partial charge in [-0.05, 0) is 47.9 Å². The smallest absolute Gasteiger partial charge is 0.151 e. The van der Waals surface area contributed by atoms with Crippen molar-refractivity contribution >= 4 is 44.0 Å². The van der Waals surface area contributed by atoms with Crippen molar-refractivity contribution in [1.29, 1.82) is 0 Å². The predicted molar refractivity (Wildman–Crippen MR) is 125 cm³/mol. The van der Waals surface area contributed by atoms with Crippen molar-refractivity contribution in [3.05, 3.63) is 103 Å². The second kappa shape index (κ2) is 6.53. The highest BCUT2D eigenvalue weighted by Crippen LogP contribution is 2.30. The van der Waals surface area contributed by atoms with Gasteiger partial charge in [-0.1, -0.05) is 60.7 Å². The lowest BCUT2D eigenvalue weighted by Gasteiger charge is -2.14. The lowest BCUT2D eigenvalue weighted by Crippen LogP contribution is -1.99. The first kappa shape index (κ1) is 16.9. The molecule has 0 atom stereocenters. The SMILES string of the molecule is Cn1c2ccccc2oc2cc3ccc4ccccc4n(-c4ccccc4)c3cc21. The monoisotopic (exact) mass is 388 g/mol. The highest BCUT2D eigenvalue weighted by Gasteiger charge is 2.10. The van der Waals surface area contributed by atoms with E-state index in [1.807, 2.05) is 18.2 Å².